The van der Waals surface area contributed by atoms with Crippen LogP contribution in [0.5, 0.6) is 0 Å². The summed E-state index contributed by atoms with van der Waals surface area (Å²) in [5, 5.41) is 6.19. The summed E-state index contributed by atoms with van der Waals surface area (Å²) < 4.78 is 27.8. The van der Waals surface area contributed by atoms with E-state index in [1.807, 2.05) is 0 Å². The predicted octanol–water partition coefficient (Wildman–Crippen LogP) is 0.430. The molecular formula is C16H26N2O6S. The van der Waals surface area contributed by atoms with Gasteiger partial charge in [-0.15, -0.1) is 0 Å². The summed E-state index contributed by atoms with van der Waals surface area (Å²) in [7, 11) is -3.37. The fraction of sp³-hybridized carbons (Fsp3) is 0.688. The predicted molar refractivity (Wildman–Crippen MR) is 92.2 cm³/mol. The van der Waals surface area contributed by atoms with Gasteiger partial charge in [-0.05, 0) is 33.6 Å². The van der Waals surface area contributed by atoms with Crippen molar-refractivity contribution >= 4 is 27.6 Å². The molecule has 9 heteroatoms. The van der Waals surface area contributed by atoms with Crippen LogP contribution in [0.2, 0.25) is 0 Å². The molecule has 2 N–H and O–H groups in total. The van der Waals surface area contributed by atoms with Gasteiger partial charge in [-0.2, -0.15) is 0 Å². The van der Waals surface area contributed by atoms with Crippen molar-refractivity contribution in [3.05, 3.63) is 11.5 Å². The topological polar surface area (TPSA) is 119 Å². The molecule has 0 saturated carbocycles. The Bertz CT molecular complexity index is 648. The maximum Gasteiger partial charge on any atom is 0.306 e. The molecular weight excluding hydrogens is 348 g/mol. The van der Waals surface area contributed by atoms with Gasteiger partial charge >= 0.3 is 5.97 Å². The van der Waals surface area contributed by atoms with Crippen LogP contribution >= 0.6 is 0 Å². The summed E-state index contributed by atoms with van der Waals surface area (Å²) in [4.78, 5) is 35.2. The summed E-state index contributed by atoms with van der Waals surface area (Å²) in [6, 6.07) is -1.30. The maximum atomic E-state index is 12.2. The Kier molecular flexibility index (Phi) is 7.16. The molecule has 0 aromatic heterocycles. The Morgan fingerprint density at radius 1 is 1.40 bits per heavy atom. The minimum absolute atomic E-state index is 0.0212. The third-order valence-electron chi connectivity index (χ3n) is 3.28. The number of amides is 2. The van der Waals surface area contributed by atoms with Gasteiger partial charge in [0.25, 0.3) is 0 Å². The van der Waals surface area contributed by atoms with Crippen molar-refractivity contribution in [2.75, 3.05) is 6.26 Å². The monoisotopic (exact) mass is 374 g/mol. The largest absolute Gasteiger partial charge is 0.460 e. The van der Waals surface area contributed by atoms with Crippen LogP contribution in [0, 0.1) is 0 Å². The van der Waals surface area contributed by atoms with Crippen molar-refractivity contribution in [1.29, 1.82) is 0 Å². The lowest BCUT2D eigenvalue weighted by Crippen LogP contribution is -2.45. The summed E-state index contributed by atoms with van der Waals surface area (Å²) in [6.45, 7) is 5.24. The van der Waals surface area contributed by atoms with E-state index in [0.717, 1.165) is 11.7 Å². The van der Waals surface area contributed by atoms with Crippen LogP contribution in [0.25, 0.3) is 0 Å². The van der Waals surface area contributed by atoms with Gasteiger partial charge < -0.3 is 15.4 Å². The average molecular weight is 374 g/mol. The van der Waals surface area contributed by atoms with Crippen molar-refractivity contribution in [3.8, 4) is 0 Å². The van der Waals surface area contributed by atoms with Crippen LogP contribution in [0.15, 0.2) is 11.5 Å². The van der Waals surface area contributed by atoms with Crippen molar-refractivity contribution in [1.82, 2.24) is 10.6 Å². The van der Waals surface area contributed by atoms with E-state index in [0.29, 0.717) is 6.42 Å². The first-order chi connectivity index (χ1) is 11.4. The molecule has 1 fully saturated rings. The van der Waals surface area contributed by atoms with Crippen molar-refractivity contribution in [3.63, 3.8) is 0 Å². The van der Waals surface area contributed by atoms with Gasteiger partial charge in [0.05, 0.1) is 0 Å². The summed E-state index contributed by atoms with van der Waals surface area (Å²) in [6.07, 6.45) is 3.24. The van der Waals surface area contributed by atoms with Gasteiger partial charge in [0.15, 0.2) is 9.84 Å². The standard InChI is InChI=1S/C16H26N2O6S/c1-16(2,3)24-14(20)8-5-11(9-10-25(4,22)23)17-15(21)12-6-7-13(19)18-12/h9-12H,5-8H2,1-4H3,(H,17,21)(H,18,19)/b10-9+/t11-,12+/m0/s1. The normalized spacial score (nSPS) is 19.5. The SMILES string of the molecule is CC(C)(C)OC(=O)CC[C@@H](/C=C/S(C)(=O)=O)NC(=O)[C@H]1CCC(=O)N1. The highest BCUT2D eigenvalue weighted by atomic mass is 32.2. The zero-order valence-electron chi connectivity index (χ0n) is 15.0. The van der Waals surface area contributed by atoms with Crippen LogP contribution in [0.4, 0.5) is 0 Å². The van der Waals surface area contributed by atoms with E-state index in [1.165, 1.54) is 6.08 Å². The third kappa shape index (κ3) is 9.23. The number of hydrogen-bond acceptors (Lipinski definition) is 6. The lowest BCUT2D eigenvalue weighted by Gasteiger charge is -2.21. The molecule has 1 rings (SSSR count). The number of hydrogen-bond donors (Lipinski definition) is 2. The fourth-order valence-electron chi connectivity index (χ4n) is 2.21. The average Bonchev–Trinajstić information content (AvgIpc) is 2.85. The molecule has 0 aromatic carbocycles. The number of carbonyl (C=O) groups is 3. The van der Waals surface area contributed by atoms with E-state index in [1.54, 1.807) is 20.8 Å². The Balaban J connectivity index is 2.69. The Morgan fingerprint density at radius 3 is 2.52 bits per heavy atom. The Hall–Kier alpha value is -1.90. The fourth-order valence-corrected chi connectivity index (χ4v) is 2.69. The van der Waals surface area contributed by atoms with Crippen LogP contribution < -0.4 is 10.6 Å². The Labute approximate surface area is 148 Å². The zero-order valence-corrected chi connectivity index (χ0v) is 15.8. The second-order valence-corrected chi connectivity index (χ2v) is 8.99. The molecule has 2 amide bonds. The maximum absolute atomic E-state index is 12.2. The number of esters is 1. The molecule has 25 heavy (non-hydrogen) atoms. The van der Waals surface area contributed by atoms with Gasteiger partial charge in [-0.1, -0.05) is 6.08 Å². The molecule has 8 nitrogen and oxygen atoms in total. The van der Waals surface area contributed by atoms with E-state index in [-0.39, 0.29) is 25.2 Å². The number of rotatable bonds is 7. The lowest BCUT2D eigenvalue weighted by atomic mass is 10.1. The van der Waals surface area contributed by atoms with Crippen molar-refractivity contribution in [2.45, 2.75) is 64.1 Å². The molecule has 0 bridgehead atoms. The third-order valence-corrected chi connectivity index (χ3v) is 3.93. The summed E-state index contributed by atoms with van der Waals surface area (Å²) in [5.74, 6) is -1.04. The number of sulfone groups is 1. The number of nitrogens with one attached hydrogen (secondary N) is 2. The first kappa shape index (κ1) is 21.1. The molecule has 1 saturated heterocycles. The number of ether oxygens (including phenoxy) is 1. The smallest absolute Gasteiger partial charge is 0.306 e. The van der Waals surface area contributed by atoms with Gasteiger partial charge in [-0.25, -0.2) is 8.42 Å². The highest BCUT2D eigenvalue weighted by Gasteiger charge is 2.28. The molecule has 0 aromatic rings. The highest BCUT2D eigenvalue weighted by molar-refractivity contribution is 7.93. The molecule has 142 valence electrons. The minimum Gasteiger partial charge on any atom is -0.460 e. The van der Waals surface area contributed by atoms with Crippen LogP contribution in [-0.4, -0.2) is 50.1 Å². The zero-order chi connectivity index (χ0) is 19.3. The highest BCUT2D eigenvalue weighted by Crippen LogP contribution is 2.12. The second-order valence-electron chi connectivity index (χ2n) is 7.06. The lowest BCUT2D eigenvalue weighted by molar-refractivity contribution is -0.155. The van der Waals surface area contributed by atoms with E-state index in [4.69, 9.17) is 4.74 Å². The molecule has 2 atom stereocenters. The van der Waals surface area contributed by atoms with Crippen molar-refractivity contribution < 1.29 is 27.5 Å². The minimum atomic E-state index is -3.37. The van der Waals surface area contributed by atoms with E-state index >= 15 is 0 Å². The van der Waals surface area contributed by atoms with Gasteiger partial charge in [-0.3, -0.25) is 14.4 Å². The molecule has 0 radical (unpaired) electrons. The van der Waals surface area contributed by atoms with Gasteiger partial charge in [0.2, 0.25) is 11.8 Å². The quantitative estimate of drug-likeness (QED) is 0.624. The van der Waals surface area contributed by atoms with Crippen molar-refractivity contribution in [2.24, 2.45) is 0 Å². The second kappa shape index (κ2) is 8.46. The summed E-state index contributed by atoms with van der Waals surface area (Å²) in [5.41, 5.74) is -0.618. The van der Waals surface area contributed by atoms with Gasteiger partial charge in [0.1, 0.15) is 11.6 Å². The van der Waals surface area contributed by atoms with Crippen LogP contribution in [0.3, 0.4) is 0 Å². The first-order valence-corrected chi connectivity index (χ1v) is 10.0. The first-order valence-electron chi connectivity index (χ1n) is 8.05. The molecule has 1 heterocycles. The van der Waals surface area contributed by atoms with E-state index in [9.17, 15) is 22.8 Å². The molecule has 1 aliphatic heterocycles. The summed E-state index contributed by atoms with van der Waals surface area (Å²) >= 11 is 0. The molecule has 0 unspecified atom stereocenters. The molecule has 1 aliphatic rings. The van der Waals surface area contributed by atoms with Crippen LogP contribution in [0.1, 0.15) is 46.5 Å². The molecule has 0 spiro atoms. The molecule has 0 aliphatic carbocycles. The number of carbonyl (C=O) groups excluding carboxylic acids is 3. The van der Waals surface area contributed by atoms with E-state index < -0.39 is 39.4 Å². The van der Waals surface area contributed by atoms with E-state index in [2.05, 4.69) is 10.6 Å². The van der Waals surface area contributed by atoms with Gasteiger partial charge in [0, 0.05) is 30.5 Å². The Morgan fingerprint density at radius 2 is 2.04 bits per heavy atom. The van der Waals surface area contributed by atoms with Crippen LogP contribution in [-0.2, 0) is 29.0 Å².